The molecule has 116 valence electrons. The molecule has 0 aliphatic carbocycles. The number of amides is 1. The van der Waals surface area contributed by atoms with Crippen molar-refractivity contribution in [3.8, 4) is 0 Å². The fourth-order valence-electron chi connectivity index (χ4n) is 2.87. The summed E-state index contributed by atoms with van der Waals surface area (Å²) < 4.78 is 7.84. The summed E-state index contributed by atoms with van der Waals surface area (Å²) in [6.45, 7) is 5.13. The normalized spacial score (nSPS) is 23.3. The smallest absolute Gasteiger partial charge is 0.245 e. The minimum Gasteiger partial charge on any atom is -0.367 e. The first-order valence-corrected chi connectivity index (χ1v) is 7.62. The molecule has 0 N–H and O–H groups in total. The van der Waals surface area contributed by atoms with Crippen LogP contribution in [0, 0.1) is 0 Å². The van der Waals surface area contributed by atoms with Gasteiger partial charge in [0.2, 0.25) is 5.91 Å². The second-order valence-corrected chi connectivity index (χ2v) is 5.78. The predicted octanol–water partition coefficient (Wildman–Crippen LogP) is 2.43. The number of carbonyl (C=O) groups excluding carboxylic acids is 1. The Morgan fingerprint density at radius 2 is 2.09 bits per heavy atom. The van der Waals surface area contributed by atoms with Crippen LogP contribution in [0.4, 0.5) is 0 Å². The maximum absolute atomic E-state index is 12.7. The van der Waals surface area contributed by atoms with Crippen molar-refractivity contribution in [1.29, 1.82) is 0 Å². The maximum Gasteiger partial charge on any atom is 0.245 e. The highest BCUT2D eigenvalue weighted by Crippen LogP contribution is 2.26. The van der Waals surface area contributed by atoms with Gasteiger partial charge in [0, 0.05) is 18.9 Å². The summed E-state index contributed by atoms with van der Waals surface area (Å²) in [5.41, 5.74) is 1.11. The lowest BCUT2D eigenvalue weighted by molar-refractivity contribution is -0.147. The Bertz CT molecular complexity index is 612. The van der Waals surface area contributed by atoms with Crippen LogP contribution in [-0.4, -0.2) is 39.6 Å². The van der Waals surface area contributed by atoms with E-state index < -0.39 is 0 Å². The van der Waals surface area contributed by atoms with Crippen molar-refractivity contribution in [3.05, 3.63) is 54.6 Å². The summed E-state index contributed by atoms with van der Waals surface area (Å²) in [4.78, 5) is 18.7. The molecule has 1 aromatic carbocycles. The molecule has 0 saturated carbocycles. The molecule has 1 saturated heterocycles. The van der Waals surface area contributed by atoms with E-state index in [-0.39, 0.29) is 24.2 Å². The van der Waals surface area contributed by atoms with E-state index >= 15 is 0 Å². The lowest BCUT2D eigenvalue weighted by Gasteiger charge is -2.38. The third-order valence-electron chi connectivity index (χ3n) is 4.07. The van der Waals surface area contributed by atoms with Crippen molar-refractivity contribution in [2.45, 2.75) is 32.1 Å². The van der Waals surface area contributed by atoms with Gasteiger partial charge in [-0.1, -0.05) is 30.3 Å². The van der Waals surface area contributed by atoms with Gasteiger partial charge in [-0.2, -0.15) is 0 Å². The van der Waals surface area contributed by atoms with Crippen LogP contribution >= 0.6 is 0 Å². The van der Waals surface area contributed by atoms with Crippen LogP contribution in [0.25, 0.3) is 0 Å². The van der Waals surface area contributed by atoms with Crippen molar-refractivity contribution in [2.24, 2.45) is 0 Å². The number of nitrogens with zero attached hydrogens (tertiary/aromatic N) is 3. The van der Waals surface area contributed by atoms with E-state index in [1.165, 1.54) is 0 Å². The lowest BCUT2D eigenvalue weighted by atomic mass is 10.1. The predicted molar refractivity (Wildman–Crippen MR) is 83.2 cm³/mol. The van der Waals surface area contributed by atoms with Gasteiger partial charge >= 0.3 is 0 Å². The molecule has 1 aromatic heterocycles. The number of carbonyl (C=O) groups is 1. The highest BCUT2D eigenvalue weighted by atomic mass is 16.5. The third kappa shape index (κ3) is 3.04. The van der Waals surface area contributed by atoms with Gasteiger partial charge in [0.25, 0.3) is 0 Å². The van der Waals surface area contributed by atoms with Crippen LogP contribution in [0.3, 0.4) is 0 Å². The Morgan fingerprint density at radius 3 is 2.77 bits per heavy atom. The second kappa shape index (κ2) is 6.32. The van der Waals surface area contributed by atoms with Crippen molar-refractivity contribution < 1.29 is 9.53 Å². The molecular weight excluding hydrogens is 278 g/mol. The van der Waals surface area contributed by atoms with Gasteiger partial charge in [0.05, 0.1) is 19.0 Å². The summed E-state index contributed by atoms with van der Waals surface area (Å²) in [5.74, 6) is 0.106. The molecule has 0 spiro atoms. The monoisotopic (exact) mass is 299 g/mol. The molecule has 5 heteroatoms. The fourth-order valence-corrected chi connectivity index (χ4v) is 2.87. The number of ether oxygens (including phenoxy) is 1. The quantitative estimate of drug-likeness (QED) is 0.874. The molecule has 3 atom stereocenters. The SMILES string of the molecule is C[C@@H]1CN(C(=O)[C@@H](C)n2ccnc2)C[C@H](c2ccccc2)O1. The molecule has 1 aliphatic rings. The average Bonchev–Trinajstić information content (AvgIpc) is 3.08. The number of hydrogen-bond donors (Lipinski definition) is 0. The van der Waals surface area contributed by atoms with Crippen LogP contribution in [-0.2, 0) is 9.53 Å². The first kappa shape index (κ1) is 14.8. The van der Waals surface area contributed by atoms with Crippen LogP contribution in [0.15, 0.2) is 49.1 Å². The fraction of sp³-hybridized carbons (Fsp3) is 0.412. The van der Waals surface area contributed by atoms with E-state index in [1.807, 2.05) is 59.8 Å². The standard InChI is InChI=1S/C17H21N3O2/c1-13-10-20(17(21)14(2)19-9-8-18-12-19)11-16(22-13)15-6-4-3-5-7-15/h3-9,12-14,16H,10-11H2,1-2H3/t13-,14-,16-/m1/s1. The molecule has 2 aromatic rings. The number of rotatable bonds is 3. The van der Waals surface area contributed by atoms with Crippen molar-refractivity contribution >= 4 is 5.91 Å². The van der Waals surface area contributed by atoms with E-state index in [1.54, 1.807) is 12.5 Å². The molecule has 2 heterocycles. The topological polar surface area (TPSA) is 47.4 Å². The largest absolute Gasteiger partial charge is 0.367 e. The van der Waals surface area contributed by atoms with E-state index in [2.05, 4.69) is 4.98 Å². The zero-order chi connectivity index (χ0) is 15.5. The minimum absolute atomic E-state index is 0.0258. The Hall–Kier alpha value is -2.14. The molecule has 0 unspecified atom stereocenters. The second-order valence-electron chi connectivity index (χ2n) is 5.78. The van der Waals surface area contributed by atoms with Crippen molar-refractivity contribution in [3.63, 3.8) is 0 Å². The number of benzene rings is 1. The van der Waals surface area contributed by atoms with Crippen LogP contribution in [0.1, 0.15) is 31.6 Å². The van der Waals surface area contributed by atoms with E-state index in [0.29, 0.717) is 13.1 Å². The molecule has 22 heavy (non-hydrogen) atoms. The third-order valence-corrected chi connectivity index (χ3v) is 4.07. The molecule has 0 radical (unpaired) electrons. The Labute approximate surface area is 130 Å². The van der Waals surface area contributed by atoms with Crippen molar-refractivity contribution in [1.82, 2.24) is 14.5 Å². The zero-order valence-electron chi connectivity index (χ0n) is 12.9. The summed E-state index contributed by atoms with van der Waals surface area (Å²) >= 11 is 0. The zero-order valence-corrected chi connectivity index (χ0v) is 12.9. The van der Waals surface area contributed by atoms with Gasteiger partial charge in [0.1, 0.15) is 12.1 Å². The van der Waals surface area contributed by atoms with Crippen LogP contribution in [0.2, 0.25) is 0 Å². The lowest BCUT2D eigenvalue weighted by Crippen LogP contribution is -2.47. The molecule has 1 aliphatic heterocycles. The molecule has 3 rings (SSSR count). The number of imidazole rings is 1. The minimum atomic E-state index is -0.246. The molecule has 0 bridgehead atoms. The highest BCUT2D eigenvalue weighted by molar-refractivity contribution is 5.80. The molecule has 5 nitrogen and oxygen atoms in total. The van der Waals surface area contributed by atoms with Gasteiger partial charge in [-0.25, -0.2) is 4.98 Å². The maximum atomic E-state index is 12.7. The van der Waals surface area contributed by atoms with Gasteiger partial charge < -0.3 is 14.2 Å². The van der Waals surface area contributed by atoms with Crippen LogP contribution in [0.5, 0.6) is 0 Å². The summed E-state index contributed by atoms with van der Waals surface area (Å²) in [6, 6.07) is 9.83. The van der Waals surface area contributed by atoms with Gasteiger partial charge in [-0.15, -0.1) is 0 Å². The molecule has 1 fully saturated rings. The Morgan fingerprint density at radius 1 is 1.32 bits per heavy atom. The Kier molecular flexibility index (Phi) is 4.24. The first-order valence-electron chi connectivity index (χ1n) is 7.62. The molecular formula is C17H21N3O2. The van der Waals surface area contributed by atoms with Crippen LogP contribution < -0.4 is 0 Å². The van der Waals surface area contributed by atoms with E-state index in [0.717, 1.165) is 5.56 Å². The Balaban J connectivity index is 1.75. The summed E-state index contributed by atoms with van der Waals surface area (Å²) in [7, 11) is 0. The summed E-state index contributed by atoms with van der Waals surface area (Å²) in [6.07, 6.45) is 5.16. The van der Waals surface area contributed by atoms with Gasteiger partial charge in [0.15, 0.2) is 0 Å². The van der Waals surface area contributed by atoms with Gasteiger partial charge in [-0.05, 0) is 19.4 Å². The first-order chi connectivity index (χ1) is 10.6. The van der Waals surface area contributed by atoms with E-state index in [9.17, 15) is 4.79 Å². The number of hydrogen-bond acceptors (Lipinski definition) is 3. The summed E-state index contributed by atoms with van der Waals surface area (Å²) in [5, 5.41) is 0. The van der Waals surface area contributed by atoms with Crippen molar-refractivity contribution in [2.75, 3.05) is 13.1 Å². The number of morpholine rings is 1. The van der Waals surface area contributed by atoms with Gasteiger partial charge in [-0.3, -0.25) is 4.79 Å². The number of aromatic nitrogens is 2. The highest BCUT2D eigenvalue weighted by Gasteiger charge is 2.31. The average molecular weight is 299 g/mol. The van der Waals surface area contributed by atoms with E-state index in [4.69, 9.17) is 4.74 Å². The molecule has 1 amide bonds.